The Labute approximate surface area is 122 Å². The number of halogens is 1. The van der Waals surface area contributed by atoms with Crippen LogP contribution in [0.5, 0.6) is 5.75 Å². The molecule has 1 N–H and O–H groups in total. The van der Waals surface area contributed by atoms with Crippen LogP contribution in [0.2, 0.25) is 5.02 Å². The van der Waals surface area contributed by atoms with Crippen LogP contribution in [0, 0.1) is 5.92 Å². The Bertz CT molecular complexity index is 354. The number of nitrogens with one attached hydrogen (secondary N) is 1. The molecule has 0 aliphatic rings. The molecule has 1 aromatic rings. The minimum atomic E-state index is 0.419. The monoisotopic (exact) mass is 283 g/mol. The third kappa shape index (κ3) is 7.44. The van der Waals surface area contributed by atoms with Crippen molar-refractivity contribution in [1.29, 1.82) is 0 Å². The van der Waals surface area contributed by atoms with Gasteiger partial charge in [-0.25, -0.2) is 0 Å². The SMILES string of the molecule is CCNC(CCCC(C)C)COc1cccc(Cl)c1. The van der Waals surface area contributed by atoms with Gasteiger partial charge in [-0.05, 0) is 37.1 Å². The first-order valence-corrected chi connectivity index (χ1v) is 7.61. The average molecular weight is 284 g/mol. The fourth-order valence-corrected chi connectivity index (χ4v) is 2.24. The molecule has 0 saturated carbocycles. The van der Waals surface area contributed by atoms with Crippen LogP contribution >= 0.6 is 11.6 Å². The van der Waals surface area contributed by atoms with E-state index in [2.05, 4.69) is 26.1 Å². The van der Waals surface area contributed by atoms with E-state index in [1.54, 1.807) is 0 Å². The first kappa shape index (κ1) is 16.3. The van der Waals surface area contributed by atoms with Gasteiger partial charge < -0.3 is 10.1 Å². The Hall–Kier alpha value is -0.730. The maximum atomic E-state index is 5.94. The summed E-state index contributed by atoms with van der Waals surface area (Å²) in [6, 6.07) is 8.00. The molecule has 19 heavy (non-hydrogen) atoms. The highest BCUT2D eigenvalue weighted by Gasteiger charge is 2.09. The van der Waals surface area contributed by atoms with Crippen LogP contribution in [0.15, 0.2) is 24.3 Å². The van der Waals surface area contributed by atoms with Gasteiger partial charge in [-0.2, -0.15) is 0 Å². The lowest BCUT2D eigenvalue weighted by Gasteiger charge is -2.19. The van der Waals surface area contributed by atoms with Crippen LogP contribution in [0.4, 0.5) is 0 Å². The Morgan fingerprint density at radius 2 is 2.05 bits per heavy atom. The lowest BCUT2D eigenvalue weighted by molar-refractivity contribution is 0.254. The average Bonchev–Trinajstić information content (AvgIpc) is 2.35. The zero-order valence-electron chi connectivity index (χ0n) is 12.3. The fourth-order valence-electron chi connectivity index (χ4n) is 2.06. The molecular formula is C16H26ClNO. The van der Waals surface area contributed by atoms with Crippen molar-refractivity contribution >= 4 is 11.6 Å². The normalized spacial score (nSPS) is 12.7. The second kappa shape index (κ2) is 9.22. The van der Waals surface area contributed by atoms with Gasteiger partial charge in [0.25, 0.3) is 0 Å². The zero-order valence-corrected chi connectivity index (χ0v) is 13.0. The highest BCUT2D eigenvalue weighted by atomic mass is 35.5. The third-order valence-corrected chi connectivity index (χ3v) is 3.31. The molecule has 0 saturated heterocycles. The van der Waals surface area contributed by atoms with Crippen molar-refractivity contribution in [2.45, 2.75) is 46.1 Å². The Morgan fingerprint density at radius 1 is 1.26 bits per heavy atom. The molecule has 0 spiro atoms. The molecule has 1 atom stereocenters. The number of likely N-dealkylation sites (N-methyl/N-ethyl adjacent to an activating group) is 1. The summed E-state index contributed by atoms with van der Waals surface area (Å²) < 4.78 is 5.81. The van der Waals surface area contributed by atoms with Gasteiger partial charge in [0.1, 0.15) is 12.4 Å². The third-order valence-electron chi connectivity index (χ3n) is 3.07. The summed E-state index contributed by atoms with van der Waals surface area (Å²) in [5.74, 6) is 1.62. The molecular weight excluding hydrogens is 258 g/mol. The molecule has 0 bridgehead atoms. The summed E-state index contributed by atoms with van der Waals surface area (Å²) in [5.41, 5.74) is 0. The van der Waals surface area contributed by atoms with E-state index in [1.807, 2.05) is 24.3 Å². The Morgan fingerprint density at radius 3 is 2.68 bits per heavy atom. The molecule has 2 nitrogen and oxygen atoms in total. The molecule has 3 heteroatoms. The van der Waals surface area contributed by atoms with Crippen molar-refractivity contribution in [3.63, 3.8) is 0 Å². The van der Waals surface area contributed by atoms with E-state index in [0.717, 1.165) is 29.7 Å². The molecule has 0 fully saturated rings. The van der Waals surface area contributed by atoms with E-state index in [0.29, 0.717) is 12.6 Å². The predicted molar refractivity (Wildman–Crippen MR) is 83.1 cm³/mol. The summed E-state index contributed by atoms with van der Waals surface area (Å²) in [7, 11) is 0. The second-order valence-corrected chi connectivity index (χ2v) is 5.78. The van der Waals surface area contributed by atoms with Gasteiger partial charge in [-0.15, -0.1) is 0 Å². The molecule has 0 amide bonds. The molecule has 0 aromatic heterocycles. The largest absolute Gasteiger partial charge is 0.492 e. The Kier molecular flexibility index (Phi) is 7.92. The van der Waals surface area contributed by atoms with Crippen molar-refractivity contribution in [2.24, 2.45) is 5.92 Å². The van der Waals surface area contributed by atoms with Crippen molar-refractivity contribution < 1.29 is 4.74 Å². The quantitative estimate of drug-likeness (QED) is 0.719. The Balaban J connectivity index is 2.36. The lowest BCUT2D eigenvalue weighted by atomic mass is 10.0. The van der Waals surface area contributed by atoms with Gasteiger partial charge >= 0.3 is 0 Å². The summed E-state index contributed by atoms with van der Waals surface area (Å²) in [6.45, 7) is 8.35. The molecule has 0 radical (unpaired) electrons. The van der Waals surface area contributed by atoms with Crippen molar-refractivity contribution in [3.05, 3.63) is 29.3 Å². The smallest absolute Gasteiger partial charge is 0.120 e. The van der Waals surface area contributed by atoms with E-state index in [4.69, 9.17) is 16.3 Å². The molecule has 0 aliphatic carbocycles. The van der Waals surface area contributed by atoms with Gasteiger partial charge in [0.15, 0.2) is 0 Å². The van der Waals surface area contributed by atoms with Crippen molar-refractivity contribution in [3.8, 4) is 5.75 Å². The number of benzene rings is 1. The topological polar surface area (TPSA) is 21.3 Å². The standard InChI is InChI=1S/C16H26ClNO/c1-4-18-15(9-5-7-13(2)3)12-19-16-10-6-8-14(17)11-16/h6,8,10-11,13,15,18H,4-5,7,9,12H2,1-3H3. The minimum absolute atomic E-state index is 0.419. The number of hydrogen-bond donors (Lipinski definition) is 1. The predicted octanol–water partition coefficient (Wildman–Crippen LogP) is 4.52. The van der Waals surface area contributed by atoms with Crippen molar-refractivity contribution in [2.75, 3.05) is 13.2 Å². The van der Waals surface area contributed by atoms with Gasteiger partial charge in [-0.3, -0.25) is 0 Å². The van der Waals surface area contributed by atoms with Gasteiger partial charge in [0.2, 0.25) is 0 Å². The molecule has 0 heterocycles. The van der Waals surface area contributed by atoms with E-state index in [1.165, 1.54) is 12.8 Å². The van der Waals surface area contributed by atoms with E-state index in [-0.39, 0.29) is 0 Å². The summed E-state index contributed by atoms with van der Waals surface area (Å²) >= 11 is 5.94. The maximum Gasteiger partial charge on any atom is 0.120 e. The molecule has 1 rings (SSSR count). The first-order valence-electron chi connectivity index (χ1n) is 7.23. The van der Waals surface area contributed by atoms with E-state index in [9.17, 15) is 0 Å². The van der Waals surface area contributed by atoms with E-state index < -0.39 is 0 Å². The molecule has 0 aliphatic heterocycles. The summed E-state index contributed by atoms with van der Waals surface area (Å²) in [4.78, 5) is 0. The van der Waals surface area contributed by atoms with Crippen LogP contribution in [-0.4, -0.2) is 19.2 Å². The molecule has 1 aromatic carbocycles. The summed E-state index contributed by atoms with van der Waals surface area (Å²) in [5, 5.41) is 4.20. The zero-order chi connectivity index (χ0) is 14.1. The van der Waals surface area contributed by atoms with E-state index >= 15 is 0 Å². The van der Waals surface area contributed by atoms with Gasteiger partial charge in [0, 0.05) is 11.1 Å². The van der Waals surface area contributed by atoms with Crippen LogP contribution in [0.25, 0.3) is 0 Å². The maximum absolute atomic E-state index is 5.94. The second-order valence-electron chi connectivity index (χ2n) is 5.35. The number of ether oxygens (including phenoxy) is 1. The number of rotatable bonds is 9. The van der Waals surface area contributed by atoms with Crippen LogP contribution in [0.1, 0.15) is 40.0 Å². The molecule has 108 valence electrons. The highest BCUT2D eigenvalue weighted by molar-refractivity contribution is 6.30. The van der Waals surface area contributed by atoms with Crippen LogP contribution in [-0.2, 0) is 0 Å². The minimum Gasteiger partial charge on any atom is -0.492 e. The molecule has 1 unspecified atom stereocenters. The number of hydrogen-bond acceptors (Lipinski definition) is 2. The van der Waals surface area contributed by atoms with Gasteiger partial charge in [-0.1, -0.05) is 51.3 Å². The van der Waals surface area contributed by atoms with Crippen LogP contribution < -0.4 is 10.1 Å². The summed E-state index contributed by atoms with van der Waals surface area (Å²) in [6.07, 6.45) is 3.68. The van der Waals surface area contributed by atoms with Crippen LogP contribution in [0.3, 0.4) is 0 Å². The highest BCUT2D eigenvalue weighted by Crippen LogP contribution is 2.18. The lowest BCUT2D eigenvalue weighted by Crippen LogP contribution is -2.34. The van der Waals surface area contributed by atoms with Gasteiger partial charge in [0.05, 0.1) is 0 Å². The first-order chi connectivity index (χ1) is 9.11. The van der Waals surface area contributed by atoms with Crippen molar-refractivity contribution in [1.82, 2.24) is 5.32 Å². The fraction of sp³-hybridized carbons (Fsp3) is 0.625.